The molecule has 1 aliphatic heterocycles. The van der Waals surface area contributed by atoms with Crippen molar-refractivity contribution in [1.82, 2.24) is 15.3 Å². The minimum atomic E-state index is 0.235. The van der Waals surface area contributed by atoms with E-state index in [9.17, 15) is 0 Å². The molecule has 1 spiro atoms. The number of rotatable bonds is 3. The Morgan fingerprint density at radius 3 is 3.19 bits per heavy atom. The lowest BCUT2D eigenvalue weighted by Gasteiger charge is -2.47. The van der Waals surface area contributed by atoms with Crippen LogP contribution in [0, 0.1) is 0 Å². The van der Waals surface area contributed by atoms with Gasteiger partial charge >= 0.3 is 0 Å². The molecule has 4 heteroatoms. The molecule has 2 heterocycles. The van der Waals surface area contributed by atoms with Crippen molar-refractivity contribution in [2.45, 2.75) is 50.3 Å². The van der Waals surface area contributed by atoms with Crippen LogP contribution in [0.15, 0.2) is 12.4 Å². The average molecular weight is 221 g/mol. The summed E-state index contributed by atoms with van der Waals surface area (Å²) in [6, 6.07) is 0.596. The molecule has 4 nitrogen and oxygen atoms in total. The lowest BCUT2D eigenvalue weighted by molar-refractivity contribution is -0.135. The van der Waals surface area contributed by atoms with Crippen molar-refractivity contribution >= 4 is 0 Å². The van der Waals surface area contributed by atoms with Crippen LogP contribution >= 0.6 is 0 Å². The van der Waals surface area contributed by atoms with E-state index in [0.717, 1.165) is 25.4 Å². The van der Waals surface area contributed by atoms with Gasteiger partial charge in [-0.2, -0.15) is 0 Å². The molecule has 16 heavy (non-hydrogen) atoms. The molecule has 0 aromatic carbocycles. The second-order valence-electron chi connectivity index (χ2n) is 4.99. The van der Waals surface area contributed by atoms with Gasteiger partial charge in [0.2, 0.25) is 0 Å². The van der Waals surface area contributed by atoms with Crippen LogP contribution in [0.3, 0.4) is 0 Å². The number of imidazole rings is 1. The predicted molar refractivity (Wildman–Crippen MR) is 61.0 cm³/mol. The first kappa shape index (κ1) is 10.3. The molecule has 2 fully saturated rings. The number of nitrogens with one attached hydrogen (secondary N) is 2. The van der Waals surface area contributed by atoms with Crippen LogP contribution in [0.25, 0.3) is 0 Å². The Morgan fingerprint density at radius 1 is 1.56 bits per heavy atom. The summed E-state index contributed by atoms with van der Waals surface area (Å²) >= 11 is 0. The summed E-state index contributed by atoms with van der Waals surface area (Å²) in [5.41, 5.74) is 0.235. The van der Waals surface area contributed by atoms with E-state index >= 15 is 0 Å². The van der Waals surface area contributed by atoms with Gasteiger partial charge in [-0.3, -0.25) is 0 Å². The average Bonchev–Trinajstić information content (AvgIpc) is 2.77. The molecule has 1 aromatic heterocycles. The third-order valence-electron chi connectivity index (χ3n) is 3.87. The summed E-state index contributed by atoms with van der Waals surface area (Å²) in [4.78, 5) is 7.34. The lowest BCUT2D eigenvalue weighted by atomic mass is 9.74. The minimum Gasteiger partial charge on any atom is -0.375 e. The van der Waals surface area contributed by atoms with Gasteiger partial charge in [-0.05, 0) is 32.1 Å². The van der Waals surface area contributed by atoms with Gasteiger partial charge in [0.25, 0.3) is 0 Å². The molecule has 1 saturated carbocycles. The SMILES string of the molecule is c1c[nH]c(CNC2CCOC3(CCC3)C2)n1. The summed E-state index contributed by atoms with van der Waals surface area (Å²) in [6.07, 6.45) is 9.82. The first-order valence-corrected chi connectivity index (χ1v) is 6.22. The minimum absolute atomic E-state index is 0.235. The first-order valence-electron chi connectivity index (χ1n) is 6.22. The fraction of sp³-hybridized carbons (Fsp3) is 0.750. The van der Waals surface area contributed by atoms with Gasteiger partial charge < -0.3 is 15.0 Å². The van der Waals surface area contributed by atoms with Crippen molar-refractivity contribution in [2.24, 2.45) is 0 Å². The van der Waals surface area contributed by atoms with Crippen molar-refractivity contribution in [2.75, 3.05) is 6.61 Å². The van der Waals surface area contributed by atoms with Gasteiger partial charge in [0.1, 0.15) is 5.82 Å². The summed E-state index contributed by atoms with van der Waals surface area (Å²) in [5.74, 6) is 1.02. The van der Waals surface area contributed by atoms with Gasteiger partial charge in [-0.15, -0.1) is 0 Å². The number of aromatic amines is 1. The van der Waals surface area contributed by atoms with E-state index in [4.69, 9.17) is 4.74 Å². The number of nitrogens with zero attached hydrogens (tertiary/aromatic N) is 1. The second kappa shape index (κ2) is 4.18. The summed E-state index contributed by atoms with van der Waals surface area (Å²) in [7, 11) is 0. The van der Waals surface area contributed by atoms with Gasteiger partial charge in [-0.1, -0.05) is 0 Å². The summed E-state index contributed by atoms with van der Waals surface area (Å²) in [6.45, 7) is 1.75. The largest absolute Gasteiger partial charge is 0.375 e. The second-order valence-corrected chi connectivity index (χ2v) is 4.99. The molecule has 0 bridgehead atoms. The van der Waals surface area contributed by atoms with E-state index in [-0.39, 0.29) is 5.60 Å². The Bertz CT molecular complexity index is 332. The molecule has 0 radical (unpaired) electrons. The molecule has 1 saturated heterocycles. The van der Waals surface area contributed by atoms with E-state index in [1.807, 2.05) is 6.20 Å². The highest BCUT2D eigenvalue weighted by Gasteiger charge is 2.42. The monoisotopic (exact) mass is 221 g/mol. The Balaban J connectivity index is 1.51. The molecule has 1 unspecified atom stereocenters. The highest BCUT2D eigenvalue weighted by atomic mass is 16.5. The lowest BCUT2D eigenvalue weighted by Crippen LogP contribution is -2.50. The van der Waals surface area contributed by atoms with Crippen molar-refractivity contribution in [3.63, 3.8) is 0 Å². The Morgan fingerprint density at radius 2 is 2.50 bits per heavy atom. The predicted octanol–water partition coefficient (Wildman–Crippen LogP) is 1.60. The van der Waals surface area contributed by atoms with Crippen LogP contribution in [0.4, 0.5) is 0 Å². The van der Waals surface area contributed by atoms with Gasteiger partial charge in [0, 0.05) is 25.0 Å². The quantitative estimate of drug-likeness (QED) is 0.815. The summed E-state index contributed by atoms with van der Waals surface area (Å²) in [5, 5.41) is 3.57. The van der Waals surface area contributed by atoms with Crippen LogP contribution in [0.2, 0.25) is 0 Å². The normalized spacial score (nSPS) is 27.9. The Labute approximate surface area is 95.8 Å². The smallest absolute Gasteiger partial charge is 0.120 e. The van der Waals surface area contributed by atoms with Crippen molar-refractivity contribution in [3.8, 4) is 0 Å². The maximum Gasteiger partial charge on any atom is 0.120 e. The van der Waals surface area contributed by atoms with E-state index in [1.54, 1.807) is 6.20 Å². The van der Waals surface area contributed by atoms with Gasteiger partial charge in [-0.25, -0.2) is 4.98 Å². The Kier molecular flexibility index (Phi) is 2.69. The fourth-order valence-corrected chi connectivity index (χ4v) is 2.76. The first-order chi connectivity index (χ1) is 7.86. The highest BCUT2D eigenvalue weighted by molar-refractivity contribution is 4.96. The Hall–Kier alpha value is -0.870. The van der Waals surface area contributed by atoms with Crippen molar-refractivity contribution < 1.29 is 4.74 Å². The molecule has 1 aromatic rings. The molecule has 1 atom stereocenters. The van der Waals surface area contributed by atoms with Crippen molar-refractivity contribution in [1.29, 1.82) is 0 Å². The van der Waals surface area contributed by atoms with Crippen LogP contribution in [-0.2, 0) is 11.3 Å². The highest BCUT2D eigenvalue weighted by Crippen LogP contribution is 2.42. The number of hydrogen-bond donors (Lipinski definition) is 2. The van der Waals surface area contributed by atoms with Crippen molar-refractivity contribution in [3.05, 3.63) is 18.2 Å². The standard InChI is InChI=1S/C12H19N3O/c1-3-12(4-1)8-10(2-7-16-12)15-9-11-13-5-6-14-11/h5-6,10,15H,1-4,7-9H2,(H,13,14). The fourth-order valence-electron chi connectivity index (χ4n) is 2.76. The number of ether oxygens (including phenoxy) is 1. The van der Waals surface area contributed by atoms with Gasteiger partial charge in [0.05, 0.1) is 12.1 Å². The molecule has 2 aliphatic rings. The zero-order chi connectivity index (χ0) is 10.8. The van der Waals surface area contributed by atoms with Crippen LogP contribution in [-0.4, -0.2) is 28.2 Å². The molecule has 88 valence electrons. The van der Waals surface area contributed by atoms with Gasteiger partial charge in [0.15, 0.2) is 0 Å². The molecule has 2 N–H and O–H groups in total. The zero-order valence-electron chi connectivity index (χ0n) is 9.54. The molecule has 3 rings (SSSR count). The number of H-pyrrole nitrogens is 1. The zero-order valence-corrected chi connectivity index (χ0v) is 9.54. The van der Waals surface area contributed by atoms with E-state index in [0.29, 0.717) is 6.04 Å². The van der Waals surface area contributed by atoms with E-state index in [2.05, 4.69) is 15.3 Å². The topological polar surface area (TPSA) is 49.9 Å². The van der Waals surface area contributed by atoms with Crippen LogP contribution in [0.1, 0.15) is 37.9 Å². The molecule has 0 amide bonds. The molecule has 1 aliphatic carbocycles. The number of aromatic nitrogens is 2. The van der Waals surface area contributed by atoms with E-state index in [1.165, 1.54) is 25.7 Å². The van der Waals surface area contributed by atoms with E-state index < -0.39 is 0 Å². The third kappa shape index (κ3) is 1.99. The van der Waals surface area contributed by atoms with Crippen LogP contribution in [0.5, 0.6) is 0 Å². The maximum absolute atomic E-state index is 5.91. The third-order valence-corrected chi connectivity index (χ3v) is 3.87. The van der Waals surface area contributed by atoms with Crippen LogP contribution < -0.4 is 5.32 Å². The maximum atomic E-state index is 5.91. The number of hydrogen-bond acceptors (Lipinski definition) is 3. The summed E-state index contributed by atoms with van der Waals surface area (Å²) < 4.78 is 5.91. The molecular weight excluding hydrogens is 202 g/mol. The molecular formula is C12H19N3O.